The van der Waals surface area contributed by atoms with E-state index < -0.39 is 0 Å². The molecule has 2 aromatic rings. The molecule has 0 bridgehead atoms. The second kappa shape index (κ2) is 8.94. The number of ether oxygens (including phenoxy) is 1. The smallest absolute Gasteiger partial charge is 0.258 e. The third-order valence-corrected chi connectivity index (χ3v) is 5.51. The first-order valence-electron chi connectivity index (χ1n) is 8.92. The quantitative estimate of drug-likeness (QED) is 0.558. The van der Waals surface area contributed by atoms with Crippen molar-refractivity contribution in [1.82, 2.24) is 14.9 Å². The van der Waals surface area contributed by atoms with Crippen LogP contribution in [0.2, 0.25) is 0 Å². The number of carbonyl (C=O) groups is 1. The highest BCUT2D eigenvalue weighted by atomic mass is 32.2. The van der Waals surface area contributed by atoms with Crippen LogP contribution in [0.3, 0.4) is 0 Å². The van der Waals surface area contributed by atoms with Crippen LogP contribution in [0.1, 0.15) is 37.3 Å². The molecular weight excluding hydrogens is 366 g/mol. The summed E-state index contributed by atoms with van der Waals surface area (Å²) in [5.74, 6) is 0.375. The molecule has 1 aliphatic rings. The SMILES string of the molecule is COc1cccc(CNC(=O)CSc2nc(O)cc(=O)n2C2CCCC2)c1. The Kier molecular flexibility index (Phi) is 6.39. The second-order valence-corrected chi connectivity index (χ2v) is 7.40. The van der Waals surface area contributed by atoms with E-state index in [1.807, 2.05) is 24.3 Å². The Morgan fingerprint density at radius 2 is 2.15 bits per heavy atom. The fraction of sp³-hybridized carbons (Fsp3) is 0.421. The zero-order valence-electron chi connectivity index (χ0n) is 15.2. The normalized spacial score (nSPS) is 14.3. The molecule has 1 saturated carbocycles. The number of amides is 1. The van der Waals surface area contributed by atoms with E-state index in [-0.39, 0.29) is 29.1 Å². The minimum Gasteiger partial charge on any atom is -0.497 e. The van der Waals surface area contributed by atoms with Crippen molar-refractivity contribution >= 4 is 17.7 Å². The van der Waals surface area contributed by atoms with Crippen LogP contribution in [0, 0.1) is 0 Å². The van der Waals surface area contributed by atoms with E-state index in [1.165, 1.54) is 11.8 Å². The molecular formula is C19H23N3O4S. The van der Waals surface area contributed by atoms with Gasteiger partial charge in [0.2, 0.25) is 11.8 Å². The van der Waals surface area contributed by atoms with E-state index in [9.17, 15) is 14.7 Å². The van der Waals surface area contributed by atoms with Crippen molar-refractivity contribution < 1.29 is 14.6 Å². The molecule has 27 heavy (non-hydrogen) atoms. The fourth-order valence-electron chi connectivity index (χ4n) is 3.22. The van der Waals surface area contributed by atoms with Crippen LogP contribution in [0.4, 0.5) is 0 Å². The first-order chi connectivity index (χ1) is 13.1. The molecule has 0 atom stereocenters. The van der Waals surface area contributed by atoms with E-state index in [1.54, 1.807) is 11.7 Å². The predicted molar refractivity (Wildman–Crippen MR) is 103 cm³/mol. The second-order valence-electron chi connectivity index (χ2n) is 6.46. The van der Waals surface area contributed by atoms with Crippen LogP contribution in [0.25, 0.3) is 0 Å². The van der Waals surface area contributed by atoms with Gasteiger partial charge in [0.15, 0.2) is 5.16 Å². The van der Waals surface area contributed by atoms with Crippen molar-refractivity contribution in [3.05, 3.63) is 46.2 Å². The number of aromatic nitrogens is 2. The number of thioether (sulfide) groups is 1. The van der Waals surface area contributed by atoms with Gasteiger partial charge in [-0.15, -0.1) is 0 Å². The minimum atomic E-state index is -0.312. The Morgan fingerprint density at radius 3 is 2.89 bits per heavy atom. The summed E-state index contributed by atoms with van der Waals surface area (Å²) in [5, 5.41) is 12.9. The van der Waals surface area contributed by atoms with Gasteiger partial charge in [-0.05, 0) is 30.5 Å². The molecule has 1 aliphatic carbocycles. The zero-order valence-corrected chi connectivity index (χ0v) is 16.0. The number of hydrogen-bond donors (Lipinski definition) is 2. The van der Waals surface area contributed by atoms with Crippen LogP contribution in [0.15, 0.2) is 40.3 Å². The van der Waals surface area contributed by atoms with E-state index in [2.05, 4.69) is 10.3 Å². The number of methoxy groups -OCH3 is 1. The fourth-order valence-corrected chi connectivity index (χ4v) is 4.12. The van der Waals surface area contributed by atoms with Crippen molar-refractivity contribution in [2.45, 2.75) is 43.4 Å². The Morgan fingerprint density at radius 1 is 1.37 bits per heavy atom. The van der Waals surface area contributed by atoms with Gasteiger partial charge in [0.1, 0.15) is 5.75 Å². The van der Waals surface area contributed by atoms with Crippen molar-refractivity contribution in [3.63, 3.8) is 0 Å². The molecule has 3 rings (SSSR count). The first kappa shape index (κ1) is 19.3. The molecule has 1 amide bonds. The third-order valence-electron chi connectivity index (χ3n) is 4.55. The summed E-state index contributed by atoms with van der Waals surface area (Å²) in [7, 11) is 1.60. The Balaban J connectivity index is 1.62. The molecule has 1 fully saturated rings. The average Bonchev–Trinajstić information content (AvgIpc) is 3.18. The van der Waals surface area contributed by atoms with E-state index in [0.717, 1.165) is 43.1 Å². The maximum absolute atomic E-state index is 12.3. The predicted octanol–water partition coefficient (Wildman–Crippen LogP) is 2.48. The summed E-state index contributed by atoms with van der Waals surface area (Å²) in [5.41, 5.74) is 0.666. The zero-order chi connectivity index (χ0) is 19.2. The lowest BCUT2D eigenvalue weighted by Crippen LogP contribution is -2.27. The summed E-state index contributed by atoms with van der Waals surface area (Å²) in [6, 6.07) is 8.70. The molecule has 0 radical (unpaired) electrons. The Hall–Kier alpha value is -2.48. The maximum Gasteiger partial charge on any atom is 0.258 e. The van der Waals surface area contributed by atoms with Crippen LogP contribution in [-0.4, -0.2) is 33.4 Å². The van der Waals surface area contributed by atoms with Gasteiger partial charge in [-0.3, -0.25) is 14.2 Å². The lowest BCUT2D eigenvalue weighted by Gasteiger charge is -2.17. The molecule has 144 valence electrons. The molecule has 8 heteroatoms. The van der Waals surface area contributed by atoms with Crippen molar-refractivity contribution in [2.24, 2.45) is 0 Å². The van der Waals surface area contributed by atoms with Crippen LogP contribution in [-0.2, 0) is 11.3 Å². The molecule has 0 aliphatic heterocycles. The lowest BCUT2D eigenvalue weighted by atomic mass is 10.2. The first-order valence-corrected chi connectivity index (χ1v) is 9.90. The molecule has 7 nitrogen and oxygen atoms in total. The molecule has 0 saturated heterocycles. The topological polar surface area (TPSA) is 93.5 Å². The Labute approximate surface area is 161 Å². The largest absolute Gasteiger partial charge is 0.497 e. The van der Waals surface area contributed by atoms with Gasteiger partial charge in [-0.25, -0.2) is 0 Å². The van der Waals surface area contributed by atoms with Crippen molar-refractivity contribution in [2.75, 3.05) is 12.9 Å². The van der Waals surface area contributed by atoms with Crippen molar-refractivity contribution in [1.29, 1.82) is 0 Å². The summed E-state index contributed by atoms with van der Waals surface area (Å²) in [6.07, 6.45) is 3.98. The molecule has 0 spiro atoms. The van der Waals surface area contributed by atoms with Crippen LogP contribution in [0.5, 0.6) is 11.6 Å². The van der Waals surface area contributed by atoms with Crippen molar-refractivity contribution in [3.8, 4) is 11.6 Å². The molecule has 1 aromatic carbocycles. The van der Waals surface area contributed by atoms with Crippen LogP contribution >= 0.6 is 11.8 Å². The number of benzene rings is 1. The van der Waals surface area contributed by atoms with Crippen LogP contribution < -0.4 is 15.6 Å². The van der Waals surface area contributed by atoms with Gasteiger partial charge in [0, 0.05) is 12.6 Å². The number of nitrogens with zero attached hydrogens (tertiary/aromatic N) is 2. The Bertz CT molecular complexity index is 862. The number of nitrogens with one attached hydrogen (secondary N) is 1. The summed E-state index contributed by atoms with van der Waals surface area (Å²) < 4.78 is 6.79. The molecule has 1 aromatic heterocycles. The molecule has 0 unspecified atom stereocenters. The minimum absolute atomic E-state index is 0.0907. The van der Waals surface area contributed by atoms with E-state index in [4.69, 9.17) is 4.74 Å². The maximum atomic E-state index is 12.3. The van der Waals surface area contributed by atoms with Gasteiger partial charge < -0.3 is 15.2 Å². The van der Waals surface area contributed by atoms with Gasteiger partial charge >= 0.3 is 0 Å². The number of rotatable bonds is 7. The van der Waals surface area contributed by atoms with Gasteiger partial charge in [0.05, 0.1) is 18.9 Å². The van der Waals surface area contributed by atoms with E-state index in [0.29, 0.717) is 11.7 Å². The van der Waals surface area contributed by atoms with Gasteiger partial charge in [-0.1, -0.05) is 36.7 Å². The highest BCUT2D eigenvalue weighted by Gasteiger charge is 2.22. The van der Waals surface area contributed by atoms with E-state index >= 15 is 0 Å². The standard InChI is InChI=1S/C19H23N3O4S/c1-26-15-8-4-5-13(9-15)11-20-17(24)12-27-19-21-16(23)10-18(25)22(19)14-6-2-3-7-14/h4-5,8-10,14,23H,2-3,6-7,11-12H2,1H3,(H,20,24). The third kappa shape index (κ3) is 5.03. The number of aromatic hydroxyl groups is 1. The highest BCUT2D eigenvalue weighted by molar-refractivity contribution is 7.99. The lowest BCUT2D eigenvalue weighted by molar-refractivity contribution is -0.118. The highest BCUT2D eigenvalue weighted by Crippen LogP contribution is 2.31. The monoisotopic (exact) mass is 389 g/mol. The summed E-state index contributed by atoms with van der Waals surface area (Å²) >= 11 is 1.17. The summed E-state index contributed by atoms with van der Waals surface area (Å²) in [4.78, 5) is 28.6. The number of hydrogen-bond acceptors (Lipinski definition) is 6. The van der Waals surface area contributed by atoms with Gasteiger partial charge in [-0.2, -0.15) is 4.98 Å². The summed E-state index contributed by atoms with van der Waals surface area (Å²) in [6.45, 7) is 0.388. The molecule has 1 heterocycles. The average molecular weight is 389 g/mol. The van der Waals surface area contributed by atoms with Gasteiger partial charge in [0.25, 0.3) is 5.56 Å². The number of carbonyl (C=O) groups excluding carboxylic acids is 1. The molecule has 2 N–H and O–H groups in total.